The van der Waals surface area contributed by atoms with Crippen molar-refractivity contribution in [3.8, 4) is 11.5 Å². The minimum Gasteiger partial charge on any atom is -0.486 e. The van der Waals surface area contributed by atoms with Crippen LogP contribution < -0.4 is 14.8 Å². The number of benzene rings is 2. The van der Waals surface area contributed by atoms with Gasteiger partial charge in [-0.25, -0.2) is 0 Å². The molecule has 0 unspecified atom stereocenters. The monoisotopic (exact) mass is 309 g/mol. The molecule has 1 aliphatic carbocycles. The molecule has 4 heteroatoms. The largest absolute Gasteiger partial charge is 0.486 e. The van der Waals surface area contributed by atoms with Gasteiger partial charge in [-0.15, -0.1) is 0 Å². The normalized spacial score (nSPS) is 18.9. The van der Waals surface area contributed by atoms with Crippen molar-refractivity contribution in [1.29, 1.82) is 0 Å². The highest BCUT2D eigenvalue weighted by Crippen LogP contribution is 2.31. The van der Waals surface area contributed by atoms with Crippen LogP contribution in [0.4, 0.5) is 0 Å². The van der Waals surface area contributed by atoms with Gasteiger partial charge in [0.25, 0.3) is 5.91 Å². The highest BCUT2D eigenvalue weighted by molar-refractivity contribution is 5.95. The molecule has 4 rings (SSSR count). The van der Waals surface area contributed by atoms with E-state index in [1.165, 1.54) is 11.1 Å². The molecule has 0 radical (unpaired) electrons. The standard InChI is InChI=1S/C19H19NO3/c21-19(15-6-8-17-18(12-15)23-10-9-22-17)20-16-7-5-13-3-1-2-4-14(13)11-16/h1-4,6,8,12,16H,5,7,9-11H2,(H,20,21)/t16-/m0/s1. The van der Waals surface area contributed by atoms with E-state index < -0.39 is 0 Å². The summed E-state index contributed by atoms with van der Waals surface area (Å²) in [5.74, 6) is 1.31. The molecule has 0 aromatic heterocycles. The van der Waals surface area contributed by atoms with E-state index in [9.17, 15) is 4.79 Å². The zero-order valence-corrected chi connectivity index (χ0v) is 12.9. The van der Waals surface area contributed by atoms with Crippen LogP contribution in [0.1, 0.15) is 27.9 Å². The summed E-state index contributed by atoms with van der Waals surface area (Å²) in [6, 6.07) is 14.0. The number of fused-ring (bicyclic) bond motifs is 2. The van der Waals surface area contributed by atoms with Gasteiger partial charge in [0.15, 0.2) is 11.5 Å². The third-order valence-electron chi connectivity index (χ3n) is 4.49. The zero-order valence-electron chi connectivity index (χ0n) is 12.9. The van der Waals surface area contributed by atoms with Crippen molar-refractivity contribution in [1.82, 2.24) is 5.32 Å². The van der Waals surface area contributed by atoms with E-state index in [2.05, 4.69) is 29.6 Å². The number of carbonyl (C=O) groups excluding carboxylic acids is 1. The number of ether oxygens (including phenoxy) is 2. The van der Waals surface area contributed by atoms with Gasteiger partial charge in [-0.05, 0) is 48.6 Å². The average molecular weight is 309 g/mol. The van der Waals surface area contributed by atoms with Crippen LogP contribution in [0.2, 0.25) is 0 Å². The number of amides is 1. The Morgan fingerprint density at radius 1 is 1.00 bits per heavy atom. The van der Waals surface area contributed by atoms with E-state index >= 15 is 0 Å². The Bertz CT molecular complexity index is 741. The molecular formula is C19H19NO3. The molecule has 0 spiro atoms. The van der Waals surface area contributed by atoms with E-state index in [0.717, 1.165) is 19.3 Å². The summed E-state index contributed by atoms with van der Waals surface area (Å²) in [6.45, 7) is 1.08. The van der Waals surface area contributed by atoms with Gasteiger partial charge in [-0.1, -0.05) is 24.3 Å². The first-order valence-electron chi connectivity index (χ1n) is 8.07. The molecule has 23 heavy (non-hydrogen) atoms. The lowest BCUT2D eigenvalue weighted by atomic mass is 9.88. The molecule has 1 heterocycles. The Labute approximate surface area is 135 Å². The van der Waals surface area contributed by atoms with Crippen molar-refractivity contribution in [2.24, 2.45) is 0 Å². The highest BCUT2D eigenvalue weighted by atomic mass is 16.6. The maximum absolute atomic E-state index is 12.5. The molecular weight excluding hydrogens is 290 g/mol. The predicted octanol–water partition coefficient (Wildman–Crippen LogP) is 2.75. The van der Waals surface area contributed by atoms with Crippen LogP contribution in [0.25, 0.3) is 0 Å². The van der Waals surface area contributed by atoms with E-state index in [4.69, 9.17) is 9.47 Å². The number of carbonyl (C=O) groups is 1. The van der Waals surface area contributed by atoms with Gasteiger partial charge in [0.2, 0.25) is 0 Å². The Balaban J connectivity index is 1.46. The van der Waals surface area contributed by atoms with Crippen molar-refractivity contribution >= 4 is 5.91 Å². The second kappa shape index (κ2) is 5.95. The van der Waals surface area contributed by atoms with Crippen molar-refractivity contribution in [2.75, 3.05) is 13.2 Å². The number of hydrogen-bond acceptors (Lipinski definition) is 3. The van der Waals surface area contributed by atoms with E-state index in [-0.39, 0.29) is 11.9 Å². The molecule has 0 saturated carbocycles. The summed E-state index contributed by atoms with van der Waals surface area (Å²) in [5.41, 5.74) is 3.36. The average Bonchev–Trinajstić information content (AvgIpc) is 2.61. The van der Waals surface area contributed by atoms with Crippen molar-refractivity contribution in [3.63, 3.8) is 0 Å². The molecule has 1 aliphatic heterocycles. The van der Waals surface area contributed by atoms with Gasteiger partial charge < -0.3 is 14.8 Å². The Morgan fingerprint density at radius 2 is 1.78 bits per heavy atom. The van der Waals surface area contributed by atoms with Crippen LogP contribution in [0, 0.1) is 0 Å². The molecule has 1 N–H and O–H groups in total. The number of hydrogen-bond donors (Lipinski definition) is 1. The van der Waals surface area contributed by atoms with Gasteiger partial charge in [-0.3, -0.25) is 4.79 Å². The first-order valence-corrected chi connectivity index (χ1v) is 8.07. The summed E-state index contributed by atoms with van der Waals surface area (Å²) in [6.07, 6.45) is 2.89. The minimum atomic E-state index is -0.0497. The van der Waals surface area contributed by atoms with Crippen molar-refractivity contribution in [2.45, 2.75) is 25.3 Å². The Kier molecular flexibility index (Phi) is 3.66. The fourth-order valence-corrected chi connectivity index (χ4v) is 3.27. The molecule has 1 atom stereocenters. The Morgan fingerprint density at radius 3 is 2.65 bits per heavy atom. The van der Waals surface area contributed by atoms with Gasteiger partial charge >= 0.3 is 0 Å². The quantitative estimate of drug-likeness (QED) is 0.928. The highest BCUT2D eigenvalue weighted by Gasteiger charge is 2.21. The lowest BCUT2D eigenvalue weighted by Gasteiger charge is -2.25. The fraction of sp³-hybridized carbons (Fsp3) is 0.316. The minimum absolute atomic E-state index is 0.0497. The maximum atomic E-state index is 12.5. The molecule has 4 nitrogen and oxygen atoms in total. The number of nitrogens with one attached hydrogen (secondary N) is 1. The lowest BCUT2D eigenvalue weighted by Crippen LogP contribution is -2.38. The molecule has 2 aliphatic rings. The second-order valence-electron chi connectivity index (χ2n) is 6.04. The van der Waals surface area contributed by atoms with Crippen LogP contribution >= 0.6 is 0 Å². The van der Waals surface area contributed by atoms with Crippen molar-refractivity contribution < 1.29 is 14.3 Å². The van der Waals surface area contributed by atoms with Crippen LogP contribution in [0.5, 0.6) is 11.5 Å². The molecule has 118 valence electrons. The SMILES string of the molecule is O=C(N[C@H]1CCc2ccccc2C1)c1ccc2c(c1)OCCO2. The topological polar surface area (TPSA) is 47.6 Å². The van der Waals surface area contributed by atoms with Crippen molar-refractivity contribution in [3.05, 3.63) is 59.2 Å². The van der Waals surface area contributed by atoms with Gasteiger partial charge in [0.05, 0.1) is 0 Å². The summed E-state index contributed by atoms with van der Waals surface area (Å²) in [4.78, 5) is 12.5. The Hall–Kier alpha value is -2.49. The van der Waals surface area contributed by atoms with Crippen LogP contribution in [0.3, 0.4) is 0 Å². The fourth-order valence-electron chi connectivity index (χ4n) is 3.27. The summed E-state index contributed by atoms with van der Waals surface area (Å²) >= 11 is 0. The molecule has 2 aromatic rings. The van der Waals surface area contributed by atoms with E-state index in [1.54, 1.807) is 18.2 Å². The molecule has 0 saturated heterocycles. The van der Waals surface area contributed by atoms with Gasteiger partial charge in [0.1, 0.15) is 13.2 Å². The first-order chi connectivity index (χ1) is 11.3. The number of aryl methyl sites for hydroxylation is 1. The third kappa shape index (κ3) is 2.89. The zero-order chi connectivity index (χ0) is 15.6. The number of rotatable bonds is 2. The van der Waals surface area contributed by atoms with Crippen LogP contribution in [-0.4, -0.2) is 25.2 Å². The second-order valence-corrected chi connectivity index (χ2v) is 6.04. The molecule has 0 fully saturated rings. The summed E-state index contributed by atoms with van der Waals surface area (Å²) in [5, 5.41) is 3.15. The third-order valence-corrected chi connectivity index (χ3v) is 4.49. The molecule has 1 amide bonds. The lowest BCUT2D eigenvalue weighted by molar-refractivity contribution is 0.0932. The smallest absolute Gasteiger partial charge is 0.251 e. The molecule has 2 aromatic carbocycles. The summed E-state index contributed by atoms with van der Waals surface area (Å²) in [7, 11) is 0. The first kappa shape index (κ1) is 14.1. The van der Waals surface area contributed by atoms with Gasteiger partial charge in [0, 0.05) is 11.6 Å². The van der Waals surface area contributed by atoms with Crippen LogP contribution in [0.15, 0.2) is 42.5 Å². The predicted molar refractivity (Wildman–Crippen MR) is 87.2 cm³/mol. The summed E-state index contributed by atoms with van der Waals surface area (Å²) < 4.78 is 11.0. The van der Waals surface area contributed by atoms with E-state index in [1.807, 2.05) is 0 Å². The van der Waals surface area contributed by atoms with Crippen LogP contribution in [-0.2, 0) is 12.8 Å². The maximum Gasteiger partial charge on any atom is 0.251 e. The van der Waals surface area contributed by atoms with E-state index in [0.29, 0.717) is 30.3 Å². The van der Waals surface area contributed by atoms with Gasteiger partial charge in [-0.2, -0.15) is 0 Å². The molecule has 0 bridgehead atoms.